The van der Waals surface area contributed by atoms with Gasteiger partial charge in [-0.25, -0.2) is 0 Å². The number of rotatable bonds is 5. The molecule has 0 aliphatic heterocycles. The van der Waals surface area contributed by atoms with Crippen LogP contribution in [-0.2, 0) is 4.74 Å². The molecule has 13 heavy (non-hydrogen) atoms. The largest absolute Gasteiger partial charge is 0.396 e. The Morgan fingerprint density at radius 2 is 2.31 bits per heavy atom. The lowest BCUT2D eigenvalue weighted by molar-refractivity contribution is 0.109. The third kappa shape index (κ3) is 3.25. The minimum Gasteiger partial charge on any atom is -0.396 e. The van der Waals surface area contributed by atoms with Crippen LogP contribution in [0.1, 0.15) is 26.2 Å². The fraction of sp³-hybridized carbons (Fsp3) is 1.00. The van der Waals surface area contributed by atoms with Crippen molar-refractivity contribution in [1.29, 1.82) is 0 Å². The van der Waals surface area contributed by atoms with Gasteiger partial charge in [0.25, 0.3) is 0 Å². The van der Waals surface area contributed by atoms with Gasteiger partial charge in [0.05, 0.1) is 6.10 Å². The van der Waals surface area contributed by atoms with E-state index in [0.717, 1.165) is 13.0 Å². The predicted octanol–water partition coefficient (Wildman–Crippen LogP) is 0.772. The molecule has 0 heterocycles. The van der Waals surface area contributed by atoms with Crippen molar-refractivity contribution in [3.05, 3.63) is 0 Å². The summed E-state index contributed by atoms with van der Waals surface area (Å²) < 4.78 is 5.15. The molecule has 1 fully saturated rings. The minimum atomic E-state index is 0.264. The second kappa shape index (κ2) is 5.58. The molecule has 78 valence electrons. The van der Waals surface area contributed by atoms with Gasteiger partial charge in [-0.15, -0.1) is 0 Å². The topological polar surface area (TPSA) is 41.5 Å². The van der Waals surface area contributed by atoms with Crippen LogP contribution in [-0.4, -0.2) is 37.5 Å². The van der Waals surface area contributed by atoms with Crippen LogP contribution < -0.4 is 5.32 Å². The summed E-state index contributed by atoms with van der Waals surface area (Å²) in [6.07, 6.45) is 3.86. The lowest BCUT2D eigenvalue weighted by Gasteiger charge is -2.20. The van der Waals surface area contributed by atoms with Crippen molar-refractivity contribution < 1.29 is 9.84 Å². The van der Waals surface area contributed by atoms with Crippen LogP contribution in [0.15, 0.2) is 0 Å². The molecule has 0 bridgehead atoms. The first-order chi connectivity index (χ1) is 6.27. The van der Waals surface area contributed by atoms with E-state index in [1.807, 2.05) is 0 Å². The van der Waals surface area contributed by atoms with E-state index in [1.165, 1.54) is 12.8 Å². The molecule has 0 spiro atoms. The first-order valence-electron chi connectivity index (χ1n) is 5.15. The van der Waals surface area contributed by atoms with Gasteiger partial charge in [-0.05, 0) is 25.7 Å². The zero-order valence-electron chi connectivity index (χ0n) is 8.62. The fourth-order valence-corrected chi connectivity index (χ4v) is 1.92. The van der Waals surface area contributed by atoms with E-state index in [1.54, 1.807) is 7.11 Å². The Kier molecular flexibility index (Phi) is 4.70. The van der Waals surface area contributed by atoms with Crippen LogP contribution >= 0.6 is 0 Å². The highest BCUT2D eigenvalue weighted by Crippen LogP contribution is 2.24. The van der Waals surface area contributed by atoms with Gasteiger partial charge in [0.15, 0.2) is 0 Å². The molecule has 0 aromatic rings. The smallest absolute Gasteiger partial charge is 0.0667 e. The molecule has 1 aliphatic rings. The first kappa shape index (κ1) is 11.0. The SMILES string of the molecule is COC(C)CNC1CCCC1CO. The monoisotopic (exact) mass is 187 g/mol. The molecule has 2 N–H and O–H groups in total. The zero-order valence-corrected chi connectivity index (χ0v) is 8.62. The maximum absolute atomic E-state index is 9.09. The molecule has 0 radical (unpaired) electrons. The van der Waals surface area contributed by atoms with Gasteiger partial charge >= 0.3 is 0 Å². The lowest BCUT2D eigenvalue weighted by Crippen LogP contribution is -2.38. The molecule has 3 atom stereocenters. The molecule has 3 unspecified atom stereocenters. The van der Waals surface area contributed by atoms with E-state index in [-0.39, 0.29) is 6.10 Å². The molecule has 0 aromatic carbocycles. The van der Waals surface area contributed by atoms with Crippen molar-refractivity contribution in [3.63, 3.8) is 0 Å². The first-order valence-corrected chi connectivity index (χ1v) is 5.15. The average Bonchev–Trinajstić information content (AvgIpc) is 2.61. The molecule has 3 nitrogen and oxygen atoms in total. The van der Waals surface area contributed by atoms with Crippen LogP contribution in [0.2, 0.25) is 0 Å². The summed E-state index contributed by atoms with van der Waals surface area (Å²) in [4.78, 5) is 0. The van der Waals surface area contributed by atoms with Gasteiger partial charge in [0.2, 0.25) is 0 Å². The Morgan fingerprint density at radius 3 is 2.92 bits per heavy atom. The van der Waals surface area contributed by atoms with Crippen LogP contribution in [0.5, 0.6) is 0 Å². The van der Waals surface area contributed by atoms with Crippen molar-refractivity contribution in [2.24, 2.45) is 5.92 Å². The van der Waals surface area contributed by atoms with E-state index in [9.17, 15) is 0 Å². The van der Waals surface area contributed by atoms with Crippen molar-refractivity contribution >= 4 is 0 Å². The lowest BCUT2D eigenvalue weighted by atomic mass is 10.1. The number of hydrogen-bond donors (Lipinski definition) is 2. The number of hydrogen-bond acceptors (Lipinski definition) is 3. The molecule has 1 saturated carbocycles. The number of nitrogens with one attached hydrogen (secondary N) is 1. The highest BCUT2D eigenvalue weighted by Gasteiger charge is 2.26. The average molecular weight is 187 g/mol. The maximum atomic E-state index is 9.09. The molecule has 0 amide bonds. The van der Waals surface area contributed by atoms with Crippen LogP contribution in [0, 0.1) is 5.92 Å². The van der Waals surface area contributed by atoms with E-state index < -0.39 is 0 Å². The summed E-state index contributed by atoms with van der Waals surface area (Å²) in [5, 5.41) is 12.5. The quantitative estimate of drug-likeness (QED) is 0.668. The van der Waals surface area contributed by atoms with Gasteiger partial charge in [-0.3, -0.25) is 0 Å². The molecule has 1 aliphatic carbocycles. The third-order valence-corrected chi connectivity index (χ3v) is 2.96. The number of aliphatic hydroxyl groups is 1. The summed E-state index contributed by atoms with van der Waals surface area (Å²) in [5.41, 5.74) is 0. The molecular formula is C10H21NO2. The van der Waals surface area contributed by atoms with E-state index in [4.69, 9.17) is 9.84 Å². The summed E-state index contributed by atoms with van der Waals surface area (Å²) >= 11 is 0. The molecule has 1 rings (SSSR count). The Balaban J connectivity index is 2.19. The highest BCUT2D eigenvalue weighted by atomic mass is 16.5. The third-order valence-electron chi connectivity index (χ3n) is 2.96. The Morgan fingerprint density at radius 1 is 1.54 bits per heavy atom. The molecule has 3 heteroatoms. The number of ether oxygens (including phenoxy) is 1. The highest BCUT2D eigenvalue weighted by molar-refractivity contribution is 4.82. The van der Waals surface area contributed by atoms with Crippen LogP contribution in [0.4, 0.5) is 0 Å². The normalized spacial score (nSPS) is 30.7. The number of methoxy groups -OCH3 is 1. The van der Waals surface area contributed by atoms with Crippen molar-refractivity contribution in [2.75, 3.05) is 20.3 Å². The van der Waals surface area contributed by atoms with E-state index >= 15 is 0 Å². The van der Waals surface area contributed by atoms with Gasteiger partial charge in [-0.2, -0.15) is 0 Å². The minimum absolute atomic E-state index is 0.264. The maximum Gasteiger partial charge on any atom is 0.0667 e. The Bertz CT molecular complexity index is 141. The van der Waals surface area contributed by atoms with Crippen molar-refractivity contribution in [1.82, 2.24) is 5.32 Å². The van der Waals surface area contributed by atoms with Gasteiger partial charge < -0.3 is 15.2 Å². The summed E-state index contributed by atoms with van der Waals surface area (Å²) in [5.74, 6) is 0.462. The van der Waals surface area contributed by atoms with Crippen molar-refractivity contribution in [3.8, 4) is 0 Å². The summed E-state index contributed by atoms with van der Waals surface area (Å²) in [6.45, 7) is 3.26. The van der Waals surface area contributed by atoms with Gasteiger partial charge in [0.1, 0.15) is 0 Å². The predicted molar refractivity (Wildman–Crippen MR) is 52.7 cm³/mol. The Labute approximate surface area is 80.5 Å². The fourth-order valence-electron chi connectivity index (χ4n) is 1.92. The van der Waals surface area contributed by atoms with Crippen LogP contribution in [0.3, 0.4) is 0 Å². The van der Waals surface area contributed by atoms with Crippen molar-refractivity contribution in [2.45, 2.75) is 38.3 Å². The second-order valence-corrected chi connectivity index (χ2v) is 3.93. The Hall–Kier alpha value is -0.120. The van der Waals surface area contributed by atoms with Crippen LogP contribution in [0.25, 0.3) is 0 Å². The molecular weight excluding hydrogens is 166 g/mol. The number of aliphatic hydroxyl groups excluding tert-OH is 1. The summed E-state index contributed by atoms with van der Waals surface area (Å²) in [6, 6.07) is 0.502. The molecule has 0 saturated heterocycles. The summed E-state index contributed by atoms with van der Waals surface area (Å²) in [7, 11) is 1.73. The van der Waals surface area contributed by atoms with Gasteiger partial charge in [-0.1, -0.05) is 6.42 Å². The van der Waals surface area contributed by atoms with E-state index in [0.29, 0.717) is 18.6 Å². The zero-order chi connectivity index (χ0) is 9.68. The van der Waals surface area contributed by atoms with Gasteiger partial charge in [0, 0.05) is 26.3 Å². The second-order valence-electron chi connectivity index (χ2n) is 3.93. The standard InChI is InChI=1S/C10H21NO2/c1-8(13-2)6-11-10-5-3-4-9(10)7-12/h8-12H,3-7H2,1-2H3. The van der Waals surface area contributed by atoms with E-state index in [2.05, 4.69) is 12.2 Å². The molecule has 0 aromatic heterocycles.